The van der Waals surface area contributed by atoms with Crippen molar-refractivity contribution in [2.45, 2.75) is 17.4 Å². The first-order chi connectivity index (χ1) is 12.2. The first kappa shape index (κ1) is 19.5. The maximum absolute atomic E-state index is 12.5. The topological polar surface area (TPSA) is 110 Å². The van der Waals surface area contributed by atoms with Gasteiger partial charge in [0.2, 0.25) is 0 Å². The van der Waals surface area contributed by atoms with E-state index in [4.69, 9.17) is 9.84 Å². The van der Waals surface area contributed by atoms with Crippen molar-refractivity contribution in [3.05, 3.63) is 59.7 Å². The van der Waals surface area contributed by atoms with Gasteiger partial charge in [-0.2, -0.15) is 0 Å². The van der Waals surface area contributed by atoms with Crippen LogP contribution in [0, 0.1) is 0 Å². The highest BCUT2D eigenvalue weighted by Gasteiger charge is 2.20. The minimum absolute atomic E-state index is 0.0179. The van der Waals surface area contributed by atoms with E-state index in [0.717, 1.165) is 6.26 Å². The Kier molecular flexibility index (Phi) is 5.99. The van der Waals surface area contributed by atoms with Gasteiger partial charge in [-0.15, -0.1) is 0 Å². The molecule has 0 unspecified atom stereocenters. The monoisotopic (exact) mass is 377 g/mol. The predicted octanol–water partition coefficient (Wildman–Crippen LogP) is 2.04. The van der Waals surface area contributed by atoms with Gasteiger partial charge in [-0.05, 0) is 35.9 Å². The molecule has 26 heavy (non-hydrogen) atoms. The van der Waals surface area contributed by atoms with E-state index < -0.39 is 27.8 Å². The van der Waals surface area contributed by atoms with Gasteiger partial charge in [0.1, 0.15) is 5.75 Å². The van der Waals surface area contributed by atoms with Crippen LogP contribution in [0.2, 0.25) is 0 Å². The molecule has 1 amide bonds. The fourth-order valence-corrected chi connectivity index (χ4v) is 3.04. The molecular weight excluding hydrogens is 358 g/mol. The van der Waals surface area contributed by atoms with Gasteiger partial charge in [-0.1, -0.05) is 18.2 Å². The van der Waals surface area contributed by atoms with Crippen molar-refractivity contribution in [2.75, 3.05) is 13.4 Å². The van der Waals surface area contributed by atoms with E-state index in [2.05, 4.69) is 5.32 Å². The van der Waals surface area contributed by atoms with Crippen LogP contribution in [0.3, 0.4) is 0 Å². The Morgan fingerprint density at radius 3 is 2.35 bits per heavy atom. The van der Waals surface area contributed by atoms with E-state index in [0.29, 0.717) is 11.3 Å². The van der Waals surface area contributed by atoms with E-state index in [1.54, 1.807) is 24.3 Å². The Hall–Kier alpha value is -2.87. The highest BCUT2D eigenvalue weighted by atomic mass is 32.2. The molecule has 0 aliphatic heterocycles. The quantitative estimate of drug-likeness (QED) is 0.764. The molecule has 8 heteroatoms. The first-order valence-electron chi connectivity index (χ1n) is 7.67. The molecule has 0 bridgehead atoms. The molecule has 0 aliphatic carbocycles. The summed E-state index contributed by atoms with van der Waals surface area (Å²) >= 11 is 0. The Labute approximate surface area is 151 Å². The van der Waals surface area contributed by atoms with E-state index in [1.165, 1.54) is 31.4 Å². The lowest BCUT2D eigenvalue weighted by Crippen LogP contribution is -2.30. The molecule has 0 fully saturated rings. The van der Waals surface area contributed by atoms with E-state index in [1.807, 2.05) is 0 Å². The Balaban J connectivity index is 2.27. The lowest BCUT2D eigenvalue weighted by atomic mass is 10.0. The zero-order valence-corrected chi connectivity index (χ0v) is 15.1. The number of methoxy groups -OCH3 is 1. The number of hydrogen-bond acceptors (Lipinski definition) is 5. The van der Waals surface area contributed by atoms with Crippen molar-refractivity contribution >= 4 is 21.7 Å². The van der Waals surface area contributed by atoms with Crippen LogP contribution in [0.1, 0.15) is 28.4 Å². The van der Waals surface area contributed by atoms with Gasteiger partial charge in [-0.3, -0.25) is 9.59 Å². The molecule has 2 rings (SSSR count). The average Bonchev–Trinajstić information content (AvgIpc) is 2.60. The van der Waals surface area contributed by atoms with E-state index in [9.17, 15) is 18.0 Å². The third-order valence-electron chi connectivity index (χ3n) is 3.73. The highest BCUT2D eigenvalue weighted by Crippen LogP contribution is 2.21. The Morgan fingerprint density at radius 2 is 1.81 bits per heavy atom. The second-order valence-electron chi connectivity index (χ2n) is 5.70. The summed E-state index contributed by atoms with van der Waals surface area (Å²) in [4.78, 5) is 23.7. The highest BCUT2D eigenvalue weighted by molar-refractivity contribution is 7.90. The molecule has 0 radical (unpaired) electrons. The number of carbonyl (C=O) groups is 2. The zero-order valence-electron chi connectivity index (χ0n) is 14.3. The maximum atomic E-state index is 12.5. The number of carboxylic acids is 1. The SMILES string of the molecule is COc1ccc([C@H](CC(=O)O)NC(=O)c2cccc(S(C)(=O)=O)c2)cc1. The molecule has 0 saturated heterocycles. The molecule has 138 valence electrons. The van der Waals surface area contributed by atoms with Gasteiger partial charge < -0.3 is 15.2 Å². The molecule has 2 aromatic carbocycles. The number of ether oxygens (including phenoxy) is 1. The standard InChI is InChI=1S/C18H19NO6S/c1-25-14-8-6-12(7-9-14)16(11-17(20)21)19-18(22)13-4-3-5-15(10-13)26(2,23)24/h3-10,16H,11H2,1-2H3,(H,19,22)(H,20,21)/t16-/m0/s1. The minimum atomic E-state index is -3.45. The third kappa shape index (κ3) is 5.06. The summed E-state index contributed by atoms with van der Waals surface area (Å²) in [6.45, 7) is 0. The van der Waals surface area contributed by atoms with E-state index >= 15 is 0 Å². The number of nitrogens with one attached hydrogen (secondary N) is 1. The molecular formula is C18H19NO6S. The minimum Gasteiger partial charge on any atom is -0.497 e. The van der Waals surface area contributed by atoms with Crippen LogP contribution >= 0.6 is 0 Å². The van der Waals surface area contributed by atoms with Crippen LogP contribution < -0.4 is 10.1 Å². The summed E-state index contributed by atoms with van der Waals surface area (Å²) in [7, 11) is -1.94. The number of aliphatic carboxylic acids is 1. The molecule has 0 saturated carbocycles. The summed E-state index contributed by atoms with van der Waals surface area (Å²) in [5.74, 6) is -1.02. The molecule has 2 N–H and O–H groups in total. The van der Waals surface area contributed by atoms with Crippen molar-refractivity contribution in [3.8, 4) is 5.75 Å². The van der Waals surface area contributed by atoms with Gasteiger partial charge in [0, 0.05) is 11.8 Å². The summed E-state index contributed by atoms with van der Waals surface area (Å²) in [5.41, 5.74) is 0.734. The molecule has 1 atom stereocenters. The van der Waals surface area contributed by atoms with Crippen LogP contribution in [-0.4, -0.2) is 38.8 Å². The van der Waals surface area contributed by atoms with Crippen molar-refractivity contribution in [3.63, 3.8) is 0 Å². The van der Waals surface area contributed by atoms with Crippen molar-refractivity contribution in [1.29, 1.82) is 0 Å². The molecule has 2 aromatic rings. The van der Waals surface area contributed by atoms with Gasteiger partial charge >= 0.3 is 5.97 Å². The van der Waals surface area contributed by atoms with Crippen LogP contribution in [-0.2, 0) is 14.6 Å². The summed E-state index contributed by atoms with van der Waals surface area (Å²) < 4.78 is 28.3. The van der Waals surface area contributed by atoms with Crippen molar-refractivity contribution in [2.24, 2.45) is 0 Å². The molecule has 7 nitrogen and oxygen atoms in total. The number of carboxylic acid groups (broad SMARTS) is 1. The number of sulfone groups is 1. The first-order valence-corrected chi connectivity index (χ1v) is 9.56. The normalized spacial score (nSPS) is 12.2. The number of benzene rings is 2. The van der Waals surface area contributed by atoms with Crippen molar-refractivity contribution < 1.29 is 27.9 Å². The van der Waals surface area contributed by atoms with Crippen LogP contribution in [0.15, 0.2) is 53.4 Å². The van der Waals surface area contributed by atoms with Gasteiger partial charge in [0.05, 0.1) is 24.5 Å². The molecule has 0 heterocycles. The zero-order chi connectivity index (χ0) is 19.3. The second kappa shape index (κ2) is 8.01. The largest absolute Gasteiger partial charge is 0.497 e. The van der Waals surface area contributed by atoms with Crippen molar-refractivity contribution in [1.82, 2.24) is 5.32 Å². The lowest BCUT2D eigenvalue weighted by molar-refractivity contribution is -0.137. The number of rotatable bonds is 7. The maximum Gasteiger partial charge on any atom is 0.305 e. The number of amides is 1. The Bertz CT molecular complexity index is 906. The number of hydrogen-bond donors (Lipinski definition) is 2. The Morgan fingerprint density at radius 1 is 1.15 bits per heavy atom. The number of carbonyl (C=O) groups excluding carboxylic acids is 1. The molecule has 0 spiro atoms. The van der Waals surface area contributed by atoms with Crippen LogP contribution in [0.25, 0.3) is 0 Å². The summed E-state index contributed by atoms with van der Waals surface area (Å²) in [5, 5.41) is 11.8. The van der Waals surface area contributed by atoms with Crippen LogP contribution in [0.4, 0.5) is 0 Å². The average molecular weight is 377 g/mol. The van der Waals surface area contributed by atoms with Gasteiger partial charge in [0.15, 0.2) is 9.84 Å². The predicted molar refractivity (Wildman–Crippen MR) is 95.0 cm³/mol. The lowest BCUT2D eigenvalue weighted by Gasteiger charge is -2.18. The fourth-order valence-electron chi connectivity index (χ4n) is 2.37. The van der Waals surface area contributed by atoms with Gasteiger partial charge in [0.25, 0.3) is 5.91 Å². The molecule has 0 aliphatic rings. The van der Waals surface area contributed by atoms with E-state index in [-0.39, 0.29) is 16.9 Å². The summed E-state index contributed by atoms with van der Waals surface area (Å²) in [6.07, 6.45) is 0.735. The smallest absolute Gasteiger partial charge is 0.305 e. The molecule has 0 aromatic heterocycles. The third-order valence-corrected chi connectivity index (χ3v) is 4.84. The van der Waals surface area contributed by atoms with Crippen LogP contribution in [0.5, 0.6) is 5.75 Å². The second-order valence-corrected chi connectivity index (χ2v) is 7.71. The summed E-state index contributed by atoms with van der Waals surface area (Å²) in [6, 6.07) is 11.5. The fraction of sp³-hybridized carbons (Fsp3) is 0.222. The van der Waals surface area contributed by atoms with Gasteiger partial charge in [-0.25, -0.2) is 8.42 Å².